The van der Waals surface area contributed by atoms with E-state index in [1.807, 2.05) is 12.3 Å². The number of aromatic nitrogens is 1. The van der Waals surface area contributed by atoms with Crippen molar-refractivity contribution in [2.45, 2.75) is 19.4 Å². The highest BCUT2D eigenvalue weighted by Crippen LogP contribution is 2.19. The molecule has 1 aromatic heterocycles. The number of likely N-dealkylation sites (N-methyl/N-ethyl adjacent to an activating group) is 1. The summed E-state index contributed by atoms with van der Waals surface area (Å²) < 4.78 is 0. The van der Waals surface area contributed by atoms with Crippen molar-refractivity contribution in [1.82, 2.24) is 14.8 Å². The maximum atomic E-state index is 4.41. The van der Waals surface area contributed by atoms with Gasteiger partial charge in [-0.3, -0.25) is 9.88 Å². The van der Waals surface area contributed by atoms with Crippen molar-refractivity contribution in [3.63, 3.8) is 0 Å². The van der Waals surface area contributed by atoms with Crippen molar-refractivity contribution in [1.29, 1.82) is 0 Å². The van der Waals surface area contributed by atoms with E-state index in [2.05, 4.69) is 64.3 Å². The topological polar surface area (TPSA) is 19.4 Å². The highest BCUT2D eigenvalue weighted by molar-refractivity contribution is 5.14. The van der Waals surface area contributed by atoms with Crippen LogP contribution in [-0.2, 0) is 13.0 Å². The zero-order chi connectivity index (χ0) is 15.9. The summed E-state index contributed by atoms with van der Waals surface area (Å²) in [7, 11) is 2.24. The van der Waals surface area contributed by atoms with Gasteiger partial charge in [-0.05, 0) is 43.6 Å². The van der Waals surface area contributed by atoms with Crippen LogP contribution in [-0.4, -0.2) is 48.0 Å². The fourth-order valence-corrected chi connectivity index (χ4v) is 3.43. The zero-order valence-electron chi connectivity index (χ0n) is 14.1. The van der Waals surface area contributed by atoms with Crippen LogP contribution in [0.15, 0.2) is 54.7 Å². The number of rotatable bonds is 7. The monoisotopic (exact) mass is 309 g/mol. The molecular formula is C20H27N3. The Morgan fingerprint density at radius 3 is 2.74 bits per heavy atom. The third kappa shape index (κ3) is 5.15. The average molecular weight is 309 g/mol. The lowest BCUT2D eigenvalue weighted by atomic mass is 10.1. The normalized spacial score (nSPS) is 18.6. The van der Waals surface area contributed by atoms with Gasteiger partial charge in [0, 0.05) is 44.5 Å². The van der Waals surface area contributed by atoms with E-state index in [1.54, 1.807) is 0 Å². The van der Waals surface area contributed by atoms with Gasteiger partial charge in [-0.25, -0.2) is 0 Å². The summed E-state index contributed by atoms with van der Waals surface area (Å²) >= 11 is 0. The van der Waals surface area contributed by atoms with Crippen LogP contribution < -0.4 is 0 Å². The Morgan fingerprint density at radius 1 is 1.13 bits per heavy atom. The summed E-state index contributed by atoms with van der Waals surface area (Å²) in [6, 6.07) is 17.0. The number of nitrogens with zero attached hydrogens (tertiary/aromatic N) is 3. The summed E-state index contributed by atoms with van der Waals surface area (Å²) in [6.45, 7) is 5.83. The van der Waals surface area contributed by atoms with Gasteiger partial charge in [0.25, 0.3) is 0 Å². The molecule has 23 heavy (non-hydrogen) atoms. The minimum atomic E-state index is 0.799. The molecule has 0 radical (unpaired) electrons. The molecule has 1 saturated heterocycles. The predicted octanol–water partition coefficient (Wildman–Crippen LogP) is 3.08. The molecule has 1 fully saturated rings. The number of likely N-dealkylation sites (tertiary alicyclic amines) is 1. The van der Waals surface area contributed by atoms with Crippen LogP contribution >= 0.6 is 0 Å². The molecule has 0 N–H and O–H groups in total. The van der Waals surface area contributed by atoms with Gasteiger partial charge in [0.1, 0.15) is 0 Å². The molecule has 0 saturated carbocycles. The van der Waals surface area contributed by atoms with Gasteiger partial charge in [-0.15, -0.1) is 0 Å². The quantitative estimate of drug-likeness (QED) is 0.783. The lowest BCUT2D eigenvalue weighted by molar-refractivity contribution is 0.261. The van der Waals surface area contributed by atoms with Crippen molar-refractivity contribution in [2.24, 2.45) is 5.92 Å². The Morgan fingerprint density at radius 2 is 1.96 bits per heavy atom. The summed E-state index contributed by atoms with van der Waals surface area (Å²) in [5.74, 6) is 0.799. The first-order valence-electron chi connectivity index (χ1n) is 8.64. The number of pyridine rings is 1. The summed E-state index contributed by atoms with van der Waals surface area (Å²) in [5.41, 5.74) is 2.62. The van der Waals surface area contributed by atoms with E-state index in [9.17, 15) is 0 Å². The van der Waals surface area contributed by atoms with E-state index < -0.39 is 0 Å². The Hall–Kier alpha value is -1.71. The van der Waals surface area contributed by atoms with E-state index in [1.165, 1.54) is 37.3 Å². The maximum absolute atomic E-state index is 4.41. The second-order valence-corrected chi connectivity index (χ2v) is 6.71. The number of hydrogen-bond acceptors (Lipinski definition) is 3. The van der Waals surface area contributed by atoms with E-state index in [0.717, 1.165) is 25.4 Å². The molecule has 1 aliphatic rings. The maximum Gasteiger partial charge on any atom is 0.0416 e. The lowest BCUT2D eigenvalue weighted by Crippen LogP contribution is -2.29. The van der Waals surface area contributed by atoms with Crippen molar-refractivity contribution < 1.29 is 0 Å². The predicted molar refractivity (Wildman–Crippen MR) is 95.3 cm³/mol. The molecule has 1 atom stereocenters. The Bertz CT molecular complexity index is 570. The van der Waals surface area contributed by atoms with Crippen molar-refractivity contribution in [3.8, 4) is 0 Å². The fraction of sp³-hybridized carbons (Fsp3) is 0.450. The molecule has 1 aromatic carbocycles. The first kappa shape index (κ1) is 16.2. The minimum absolute atomic E-state index is 0.799. The van der Waals surface area contributed by atoms with Crippen LogP contribution in [0, 0.1) is 5.92 Å². The van der Waals surface area contributed by atoms with Crippen molar-refractivity contribution in [3.05, 3.63) is 66.0 Å². The second-order valence-electron chi connectivity index (χ2n) is 6.71. The van der Waals surface area contributed by atoms with Gasteiger partial charge in [0.15, 0.2) is 0 Å². The highest BCUT2D eigenvalue weighted by atomic mass is 15.2. The van der Waals surface area contributed by atoms with Crippen molar-refractivity contribution >= 4 is 0 Å². The largest absolute Gasteiger partial charge is 0.306 e. The molecule has 2 aromatic rings. The highest BCUT2D eigenvalue weighted by Gasteiger charge is 2.23. The van der Waals surface area contributed by atoms with E-state index in [4.69, 9.17) is 0 Å². The molecule has 0 amide bonds. The smallest absolute Gasteiger partial charge is 0.0416 e. The standard InChI is InChI=1S/C20H27N3/c1-22(13-11-20-9-5-6-12-21-20)15-19-10-14-23(17-19)16-18-7-3-2-4-8-18/h2-9,12,19H,10-11,13-17H2,1H3. The molecule has 122 valence electrons. The molecule has 3 heteroatoms. The summed E-state index contributed by atoms with van der Waals surface area (Å²) in [6.07, 6.45) is 4.24. The van der Waals surface area contributed by atoms with Crippen LogP contribution in [0.4, 0.5) is 0 Å². The molecule has 0 bridgehead atoms. The van der Waals surface area contributed by atoms with Gasteiger partial charge in [-0.1, -0.05) is 36.4 Å². The van der Waals surface area contributed by atoms with E-state index in [-0.39, 0.29) is 0 Å². The van der Waals surface area contributed by atoms with Crippen molar-refractivity contribution in [2.75, 3.05) is 33.2 Å². The van der Waals surface area contributed by atoms with Crippen LogP contribution in [0.1, 0.15) is 17.7 Å². The molecule has 0 spiro atoms. The third-order valence-electron chi connectivity index (χ3n) is 4.66. The first-order valence-corrected chi connectivity index (χ1v) is 8.64. The lowest BCUT2D eigenvalue weighted by Gasteiger charge is -2.21. The van der Waals surface area contributed by atoms with Gasteiger partial charge in [0.05, 0.1) is 0 Å². The van der Waals surface area contributed by atoms with Crippen LogP contribution in [0.2, 0.25) is 0 Å². The first-order chi connectivity index (χ1) is 11.3. The van der Waals surface area contributed by atoms with E-state index >= 15 is 0 Å². The SMILES string of the molecule is CN(CCc1ccccn1)CC1CCN(Cc2ccccc2)C1. The van der Waals surface area contributed by atoms with Crippen LogP contribution in [0.3, 0.4) is 0 Å². The Kier molecular flexibility index (Phi) is 5.78. The Labute approximate surface area is 140 Å². The molecule has 1 aliphatic heterocycles. The van der Waals surface area contributed by atoms with Gasteiger partial charge in [0.2, 0.25) is 0 Å². The molecule has 3 nitrogen and oxygen atoms in total. The zero-order valence-corrected chi connectivity index (χ0v) is 14.1. The average Bonchev–Trinajstić information content (AvgIpc) is 3.02. The summed E-state index contributed by atoms with van der Waals surface area (Å²) in [4.78, 5) is 9.46. The summed E-state index contributed by atoms with van der Waals surface area (Å²) in [5, 5.41) is 0. The van der Waals surface area contributed by atoms with Gasteiger partial charge >= 0.3 is 0 Å². The fourth-order valence-electron chi connectivity index (χ4n) is 3.43. The van der Waals surface area contributed by atoms with Crippen LogP contribution in [0.25, 0.3) is 0 Å². The van der Waals surface area contributed by atoms with Gasteiger partial charge < -0.3 is 4.90 Å². The van der Waals surface area contributed by atoms with Gasteiger partial charge in [-0.2, -0.15) is 0 Å². The Balaban J connectivity index is 1.39. The number of benzene rings is 1. The van der Waals surface area contributed by atoms with Crippen LogP contribution in [0.5, 0.6) is 0 Å². The second kappa shape index (κ2) is 8.23. The number of hydrogen-bond donors (Lipinski definition) is 0. The minimum Gasteiger partial charge on any atom is -0.306 e. The molecule has 1 unspecified atom stereocenters. The molecule has 2 heterocycles. The molecular weight excluding hydrogens is 282 g/mol. The third-order valence-corrected chi connectivity index (χ3v) is 4.66. The van der Waals surface area contributed by atoms with E-state index in [0.29, 0.717) is 0 Å². The molecule has 0 aliphatic carbocycles. The molecule has 3 rings (SSSR count).